The van der Waals surface area contributed by atoms with Crippen LogP contribution in [0, 0.1) is 0 Å². The molecular formula is C5H8O2. The van der Waals surface area contributed by atoms with Gasteiger partial charge in [0.2, 0.25) is 0 Å². The molecule has 0 aromatic heterocycles. The first-order valence-corrected chi connectivity index (χ1v) is 2.55. The van der Waals surface area contributed by atoms with Gasteiger partial charge in [-0.05, 0) is 12.8 Å². The molecule has 0 aromatic carbocycles. The van der Waals surface area contributed by atoms with Crippen molar-refractivity contribution in [3.8, 4) is 0 Å². The molecule has 0 radical (unpaired) electrons. The van der Waals surface area contributed by atoms with Crippen molar-refractivity contribution in [1.82, 2.24) is 0 Å². The van der Waals surface area contributed by atoms with Gasteiger partial charge in [-0.2, -0.15) is 0 Å². The first-order chi connectivity index (χ1) is 3.39. The Labute approximate surface area is 42.5 Å². The monoisotopic (exact) mass is 102 g/mol. The molecule has 1 heterocycles. The predicted molar refractivity (Wildman–Crippen MR) is 24.8 cm³/mol. The molecule has 40 valence electrons. The molecule has 1 aliphatic rings. The summed E-state index contributed by atoms with van der Waals surface area (Å²) in [5.74, 6) is -0.0359. The van der Waals surface area contributed by atoms with Gasteiger partial charge in [0, 0.05) is 6.42 Å². The zero-order valence-electron chi connectivity index (χ0n) is 4.14. The van der Waals surface area contributed by atoms with E-state index in [9.17, 15) is 4.79 Å². The Hall–Kier alpha value is -0.530. The number of hydrogen-bond donors (Lipinski definition) is 0. The number of ether oxygens (including phenoxy) is 1. The van der Waals surface area contributed by atoms with Gasteiger partial charge >= 0.3 is 5.97 Å². The van der Waals surface area contributed by atoms with Crippen LogP contribution >= 0.6 is 0 Å². The molecule has 0 aromatic rings. The molecule has 1 rings (SSSR count). The summed E-state index contributed by atoms with van der Waals surface area (Å²) >= 11 is 0. The molecule has 1 fully saturated rings. The number of esters is 1. The molecule has 0 amide bonds. The van der Waals surface area contributed by atoms with Crippen LogP contribution in [-0.4, -0.2) is 12.6 Å². The third-order valence-corrected chi connectivity index (χ3v) is 1.04. The SMILES string of the molecule is [18O]=C1CCCCO1. The Kier molecular flexibility index (Phi) is 1.29. The fourth-order valence-corrected chi connectivity index (χ4v) is 0.630. The lowest BCUT2D eigenvalue weighted by atomic mass is 10.2. The molecule has 1 aliphatic heterocycles. The lowest BCUT2D eigenvalue weighted by molar-refractivity contribution is -0.146. The van der Waals surface area contributed by atoms with E-state index in [0.29, 0.717) is 13.0 Å². The van der Waals surface area contributed by atoms with Gasteiger partial charge in [0.05, 0.1) is 6.61 Å². The van der Waals surface area contributed by atoms with E-state index in [2.05, 4.69) is 4.74 Å². The number of cyclic esters (lactones) is 1. The highest BCUT2D eigenvalue weighted by Gasteiger charge is 2.06. The Bertz CT molecular complexity index is 70.1. The van der Waals surface area contributed by atoms with Gasteiger partial charge in [-0.25, -0.2) is 0 Å². The van der Waals surface area contributed by atoms with Crippen molar-refractivity contribution in [2.75, 3.05) is 6.61 Å². The third-order valence-electron chi connectivity index (χ3n) is 1.04. The Morgan fingerprint density at radius 1 is 1.43 bits per heavy atom. The van der Waals surface area contributed by atoms with Crippen molar-refractivity contribution < 1.29 is 9.53 Å². The molecule has 1 saturated heterocycles. The van der Waals surface area contributed by atoms with E-state index in [-0.39, 0.29) is 5.97 Å². The largest absolute Gasteiger partial charge is 0.466 e. The van der Waals surface area contributed by atoms with Gasteiger partial charge in [-0.1, -0.05) is 0 Å². The van der Waals surface area contributed by atoms with Crippen LogP contribution in [0.2, 0.25) is 0 Å². The fraction of sp³-hybridized carbons (Fsp3) is 0.800. The maximum atomic E-state index is 10.2. The van der Waals surface area contributed by atoms with Crippen LogP contribution in [0.25, 0.3) is 0 Å². The van der Waals surface area contributed by atoms with Crippen LogP contribution in [-0.2, 0) is 9.53 Å². The first-order valence-electron chi connectivity index (χ1n) is 2.55. The molecule has 0 saturated carbocycles. The maximum absolute atomic E-state index is 10.2. The minimum atomic E-state index is -0.0359. The van der Waals surface area contributed by atoms with Crippen molar-refractivity contribution in [3.05, 3.63) is 0 Å². The van der Waals surface area contributed by atoms with Gasteiger partial charge in [0.1, 0.15) is 0 Å². The van der Waals surface area contributed by atoms with E-state index < -0.39 is 0 Å². The molecular weight excluding hydrogens is 94.1 g/mol. The van der Waals surface area contributed by atoms with E-state index in [1.165, 1.54) is 0 Å². The normalized spacial score (nSPS) is 21.4. The lowest BCUT2D eigenvalue weighted by Gasteiger charge is -2.08. The van der Waals surface area contributed by atoms with Crippen LogP contribution in [0.3, 0.4) is 0 Å². The molecule has 0 atom stereocenters. The fourth-order valence-electron chi connectivity index (χ4n) is 0.630. The molecule has 0 bridgehead atoms. The summed E-state index contributed by atoms with van der Waals surface area (Å²) in [5.41, 5.74) is 0. The summed E-state index contributed by atoms with van der Waals surface area (Å²) in [6, 6.07) is 0. The lowest BCUT2D eigenvalue weighted by Crippen LogP contribution is -2.10. The van der Waals surface area contributed by atoms with Gasteiger partial charge in [0.25, 0.3) is 0 Å². The van der Waals surface area contributed by atoms with Gasteiger partial charge in [-0.3, -0.25) is 4.79 Å². The molecule has 0 unspecified atom stereocenters. The average molecular weight is 102 g/mol. The second-order valence-electron chi connectivity index (χ2n) is 1.68. The number of carbonyl (C=O) groups excluding carboxylic acids is 1. The summed E-state index contributed by atoms with van der Waals surface area (Å²) in [4.78, 5) is 10.2. The second-order valence-corrected chi connectivity index (χ2v) is 1.68. The summed E-state index contributed by atoms with van der Waals surface area (Å²) in [6.45, 7) is 0.638. The quantitative estimate of drug-likeness (QED) is 0.332. The minimum Gasteiger partial charge on any atom is -0.466 e. The van der Waals surface area contributed by atoms with E-state index in [1.54, 1.807) is 0 Å². The van der Waals surface area contributed by atoms with Gasteiger partial charge in [0.15, 0.2) is 0 Å². The number of hydrogen-bond acceptors (Lipinski definition) is 2. The summed E-state index contributed by atoms with van der Waals surface area (Å²) in [6.07, 6.45) is 2.69. The predicted octanol–water partition coefficient (Wildman–Crippen LogP) is 0.714. The zero-order valence-corrected chi connectivity index (χ0v) is 4.14. The zero-order chi connectivity index (χ0) is 5.11. The smallest absolute Gasteiger partial charge is 0.305 e. The van der Waals surface area contributed by atoms with Crippen molar-refractivity contribution in [1.29, 1.82) is 0 Å². The molecule has 2 nitrogen and oxygen atoms in total. The molecule has 0 N–H and O–H groups in total. The van der Waals surface area contributed by atoms with Crippen LogP contribution in [0.15, 0.2) is 0 Å². The summed E-state index contributed by atoms with van der Waals surface area (Å²) < 4.78 is 4.64. The van der Waals surface area contributed by atoms with Crippen LogP contribution < -0.4 is 0 Å². The van der Waals surface area contributed by atoms with Crippen molar-refractivity contribution in [3.63, 3.8) is 0 Å². The van der Waals surface area contributed by atoms with E-state index in [1.807, 2.05) is 0 Å². The first kappa shape index (κ1) is 4.62. The third kappa shape index (κ3) is 1.18. The summed E-state index contributed by atoms with van der Waals surface area (Å²) in [7, 11) is 0. The molecule has 7 heavy (non-hydrogen) atoms. The topological polar surface area (TPSA) is 26.3 Å². The highest BCUT2D eigenvalue weighted by molar-refractivity contribution is 5.69. The molecule has 0 spiro atoms. The Morgan fingerprint density at radius 2 is 2.29 bits per heavy atom. The summed E-state index contributed by atoms with van der Waals surface area (Å²) in [5, 5.41) is 0. The van der Waals surface area contributed by atoms with E-state index in [0.717, 1.165) is 12.8 Å². The van der Waals surface area contributed by atoms with E-state index in [4.69, 9.17) is 0 Å². The van der Waals surface area contributed by atoms with Gasteiger partial charge < -0.3 is 4.74 Å². The van der Waals surface area contributed by atoms with Crippen molar-refractivity contribution in [2.24, 2.45) is 0 Å². The maximum Gasteiger partial charge on any atom is 0.305 e. The van der Waals surface area contributed by atoms with Crippen LogP contribution in [0.4, 0.5) is 0 Å². The van der Waals surface area contributed by atoms with Crippen molar-refractivity contribution >= 4 is 5.97 Å². The highest BCUT2D eigenvalue weighted by Crippen LogP contribution is 2.04. The number of rotatable bonds is 0. The van der Waals surface area contributed by atoms with Crippen LogP contribution in [0.1, 0.15) is 19.3 Å². The van der Waals surface area contributed by atoms with Crippen LogP contribution in [0.5, 0.6) is 0 Å². The minimum absolute atomic E-state index is 0.0359. The Balaban J connectivity index is 2.25. The molecule has 0 aliphatic carbocycles. The average Bonchev–Trinajstić information content (AvgIpc) is 1.69. The van der Waals surface area contributed by atoms with Crippen molar-refractivity contribution in [2.45, 2.75) is 19.3 Å². The standard InChI is InChI=1S/C5H8O2/c6-5-3-1-2-4-7-5/h1-4H2/i6+2. The second kappa shape index (κ2) is 1.96. The van der Waals surface area contributed by atoms with E-state index >= 15 is 0 Å². The number of carbonyl (C=O) groups is 1. The molecule has 2 heteroatoms. The highest BCUT2D eigenvalue weighted by atomic mass is 18.1. The Morgan fingerprint density at radius 3 is 2.57 bits per heavy atom. The van der Waals surface area contributed by atoms with Gasteiger partial charge in [-0.15, -0.1) is 0 Å².